The molecule has 7 heteroatoms. The van der Waals surface area contributed by atoms with Crippen molar-refractivity contribution in [2.24, 2.45) is 5.92 Å². The highest BCUT2D eigenvalue weighted by Gasteiger charge is 2.39. The lowest BCUT2D eigenvalue weighted by Crippen LogP contribution is -2.52. The number of benzene rings is 1. The quantitative estimate of drug-likeness (QED) is 0.483. The van der Waals surface area contributed by atoms with Gasteiger partial charge < -0.3 is 15.5 Å². The summed E-state index contributed by atoms with van der Waals surface area (Å²) in [6.45, 7) is 3.25. The minimum atomic E-state index is -0.562. The molecule has 1 aromatic rings. The van der Waals surface area contributed by atoms with Gasteiger partial charge in [0.05, 0.1) is 0 Å². The lowest BCUT2D eigenvalue weighted by Gasteiger charge is -2.29. The summed E-state index contributed by atoms with van der Waals surface area (Å²) in [5.74, 6) is 0.0620. The molecule has 2 aliphatic heterocycles. The molecule has 29 heavy (non-hydrogen) atoms. The molecule has 3 N–H and O–H groups in total. The van der Waals surface area contributed by atoms with Gasteiger partial charge in [-0.05, 0) is 55.5 Å². The number of hydrogen-bond acceptors (Lipinski definition) is 5. The second-order valence-electron chi connectivity index (χ2n) is 8.41. The van der Waals surface area contributed by atoms with Crippen LogP contribution < -0.4 is 16.0 Å². The smallest absolute Gasteiger partial charge is 0.255 e. The lowest BCUT2D eigenvalue weighted by molar-refractivity contribution is -0.136. The number of anilines is 1. The van der Waals surface area contributed by atoms with E-state index < -0.39 is 6.04 Å². The van der Waals surface area contributed by atoms with E-state index in [9.17, 15) is 14.4 Å². The van der Waals surface area contributed by atoms with Gasteiger partial charge in [0.2, 0.25) is 11.8 Å². The van der Waals surface area contributed by atoms with Crippen molar-refractivity contribution in [3.8, 4) is 0 Å². The third-order valence-corrected chi connectivity index (χ3v) is 6.31. The first-order valence-corrected chi connectivity index (χ1v) is 10.8. The van der Waals surface area contributed by atoms with Gasteiger partial charge in [-0.3, -0.25) is 19.7 Å². The first kappa shape index (κ1) is 19.9. The van der Waals surface area contributed by atoms with E-state index in [1.807, 2.05) is 18.2 Å². The molecule has 0 radical (unpaired) electrons. The van der Waals surface area contributed by atoms with Crippen LogP contribution in [0.3, 0.4) is 0 Å². The van der Waals surface area contributed by atoms with Crippen LogP contribution in [0.15, 0.2) is 18.2 Å². The number of carbonyl (C=O) groups is 3. The first-order chi connectivity index (χ1) is 14.1. The van der Waals surface area contributed by atoms with Crippen LogP contribution in [0.25, 0.3) is 0 Å². The van der Waals surface area contributed by atoms with E-state index in [1.165, 1.54) is 32.1 Å². The molecule has 0 aromatic heterocycles. The average Bonchev–Trinajstić information content (AvgIpc) is 3.04. The van der Waals surface area contributed by atoms with Gasteiger partial charge in [0.15, 0.2) is 0 Å². The molecule has 0 spiro atoms. The topological polar surface area (TPSA) is 90.5 Å². The third-order valence-electron chi connectivity index (χ3n) is 6.31. The first-order valence-electron chi connectivity index (χ1n) is 10.8. The molecule has 1 aliphatic carbocycles. The van der Waals surface area contributed by atoms with Crippen molar-refractivity contribution < 1.29 is 14.4 Å². The molecule has 1 saturated heterocycles. The second-order valence-corrected chi connectivity index (χ2v) is 8.41. The van der Waals surface area contributed by atoms with Gasteiger partial charge in [-0.1, -0.05) is 19.3 Å². The summed E-state index contributed by atoms with van der Waals surface area (Å²) >= 11 is 0. The van der Waals surface area contributed by atoms with Crippen LogP contribution in [-0.4, -0.2) is 48.3 Å². The summed E-state index contributed by atoms with van der Waals surface area (Å²) in [5, 5.41) is 9.30. The number of amides is 3. The number of hydrogen-bond donors (Lipinski definition) is 3. The molecule has 0 bridgehead atoms. The molecule has 2 heterocycles. The number of nitrogens with one attached hydrogen (secondary N) is 3. The Labute approximate surface area is 171 Å². The SMILES string of the molecule is O=C1CCC(N2Cc3cc(NCCNCC4CCCCC4)ccc3C2=O)C(=O)N1. The molecular weight excluding hydrogens is 368 g/mol. The predicted molar refractivity (Wildman–Crippen MR) is 110 cm³/mol. The molecule has 1 aromatic carbocycles. The summed E-state index contributed by atoms with van der Waals surface area (Å²) in [6, 6.07) is 5.20. The molecule has 4 rings (SSSR count). The molecule has 1 saturated carbocycles. The maximum absolute atomic E-state index is 12.7. The number of nitrogens with zero attached hydrogens (tertiary/aromatic N) is 1. The van der Waals surface area contributed by atoms with Crippen LogP contribution in [0.5, 0.6) is 0 Å². The molecular formula is C22H30N4O3. The summed E-state index contributed by atoms with van der Waals surface area (Å²) in [6.07, 6.45) is 7.49. The van der Waals surface area contributed by atoms with Gasteiger partial charge in [0.25, 0.3) is 5.91 Å². The van der Waals surface area contributed by atoms with E-state index >= 15 is 0 Å². The standard InChI is InChI=1S/C22H30N4O3/c27-20-9-8-19(21(28)25-20)26-14-16-12-17(6-7-18(16)22(26)29)24-11-10-23-13-15-4-2-1-3-5-15/h6-7,12,15,19,23-24H,1-5,8-11,13-14H2,(H,25,27,28). The molecule has 2 fully saturated rings. The minimum absolute atomic E-state index is 0.129. The van der Waals surface area contributed by atoms with Crippen LogP contribution in [0, 0.1) is 5.92 Å². The van der Waals surface area contributed by atoms with Crippen molar-refractivity contribution >= 4 is 23.4 Å². The van der Waals surface area contributed by atoms with Crippen LogP contribution in [0.4, 0.5) is 5.69 Å². The lowest BCUT2D eigenvalue weighted by atomic mass is 9.89. The fourth-order valence-electron chi connectivity index (χ4n) is 4.68. The Morgan fingerprint density at radius 3 is 2.66 bits per heavy atom. The maximum Gasteiger partial charge on any atom is 0.255 e. The number of fused-ring (bicyclic) bond motifs is 1. The highest BCUT2D eigenvalue weighted by Crippen LogP contribution is 2.29. The fraction of sp³-hybridized carbons (Fsp3) is 0.591. The Morgan fingerprint density at radius 1 is 1.03 bits per heavy atom. The van der Waals surface area contributed by atoms with Crippen LogP contribution in [0.1, 0.15) is 60.9 Å². The Bertz CT molecular complexity index is 788. The largest absolute Gasteiger partial charge is 0.384 e. The Kier molecular flexibility index (Phi) is 6.13. The van der Waals surface area contributed by atoms with E-state index in [1.54, 1.807) is 4.90 Å². The number of imide groups is 1. The molecule has 1 unspecified atom stereocenters. The molecule has 7 nitrogen and oxygen atoms in total. The number of carbonyl (C=O) groups excluding carboxylic acids is 3. The zero-order chi connectivity index (χ0) is 20.2. The van der Waals surface area contributed by atoms with E-state index in [0.29, 0.717) is 18.5 Å². The van der Waals surface area contributed by atoms with Gasteiger partial charge in [0, 0.05) is 37.3 Å². The third kappa shape index (κ3) is 4.61. The van der Waals surface area contributed by atoms with Crippen LogP contribution in [0.2, 0.25) is 0 Å². The Morgan fingerprint density at radius 2 is 1.86 bits per heavy atom. The van der Waals surface area contributed by atoms with Crippen molar-refractivity contribution in [3.05, 3.63) is 29.3 Å². The van der Waals surface area contributed by atoms with Crippen molar-refractivity contribution in [1.82, 2.24) is 15.5 Å². The summed E-state index contributed by atoms with van der Waals surface area (Å²) in [4.78, 5) is 37.8. The maximum atomic E-state index is 12.7. The predicted octanol–water partition coefficient (Wildman–Crippen LogP) is 2.03. The molecule has 3 aliphatic rings. The van der Waals surface area contributed by atoms with Gasteiger partial charge in [-0.25, -0.2) is 0 Å². The summed E-state index contributed by atoms with van der Waals surface area (Å²) in [5.41, 5.74) is 2.57. The van der Waals surface area contributed by atoms with Crippen LogP contribution >= 0.6 is 0 Å². The number of rotatable bonds is 7. The zero-order valence-corrected chi connectivity index (χ0v) is 16.8. The normalized spacial score (nSPS) is 22.6. The average molecular weight is 399 g/mol. The van der Waals surface area contributed by atoms with E-state index in [2.05, 4.69) is 16.0 Å². The zero-order valence-electron chi connectivity index (χ0n) is 16.8. The monoisotopic (exact) mass is 398 g/mol. The second kappa shape index (κ2) is 8.95. The van der Waals surface area contributed by atoms with Gasteiger partial charge in [-0.15, -0.1) is 0 Å². The highest BCUT2D eigenvalue weighted by molar-refractivity contribution is 6.05. The fourth-order valence-corrected chi connectivity index (χ4v) is 4.68. The van der Waals surface area contributed by atoms with Gasteiger partial charge in [-0.2, -0.15) is 0 Å². The highest BCUT2D eigenvalue weighted by atomic mass is 16.2. The Hall–Kier alpha value is -2.41. The minimum Gasteiger partial charge on any atom is -0.384 e. The summed E-state index contributed by atoms with van der Waals surface area (Å²) in [7, 11) is 0. The molecule has 3 amide bonds. The van der Waals surface area contributed by atoms with Crippen LogP contribution in [-0.2, 0) is 16.1 Å². The number of piperidine rings is 1. The van der Waals surface area contributed by atoms with E-state index in [-0.39, 0.29) is 24.1 Å². The van der Waals surface area contributed by atoms with E-state index in [4.69, 9.17) is 0 Å². The van der Waals surface area contributed by atoms with Crippen molar-refractivity contribution in [2.45, 2.75) is 57.5 Å². The van der Waals surface area contributed by atoms with Crippen molar-refractivity contribution in [1.29, 1.82) is 0 Å². The molecule has 1 atom stereocenters. The van der Waals surface area contributed by atoms with Gasteiger partial charge >= 0.3 is 0 Å². The molecule has 156 valence electrons. The van der Waals surface area contributed by atoms with Crippen molar-refractivity contribution in [3.63, 3.8) is 0 Å². The van der Waals surface area contributed by atoms with Crippen molar-refractivity contribution in [2.75, 3.05) is 25.0 Å². The van der Waals surface area contributed by atoms with E-state index in [0.717, 1.165) is 36.8 Å². The Balaban J connectivity index is 1.27. The summed E-state index contributed by atoms with van der Waals surface area (Å²) < 4.78 is 0. The van der Waals surface area contributed by atoms with Gasteiger partial charge in [0.1, 0.15) is 6.04 Å².